The van der Waals surface area contributed by atoms with E-state index >= 15 is 0 Å². The summed E-state index contributed by atoms with van der Waals surface area (Å²) in [6.07, 6.45) is 5.14. The first-order valence-corrected chi connectivity index (χ1v) is 10.1. The average molecular weight is 342 g/mol. The molecule has 1 unspecified atom stereocenters. The fraction of sp³-hybridized carbons (Fsp3) is 0.647. The number of hydrogen-bond donors (Lipinski definition) is 1. The number of rotatable bonds is 7. The van der Waals surface area contributed by atoms with Gasteiger partial charge in [0.1, 0.15) is 5.82 Å². The molecule has 1 N–H and O–H groups in total. The lowest BCUT2D eigenvalue weighted by atomic mass is 10.2. The van der Waals surface area contributed by atoms with E-state index in [-0.39, 0.29) is 16.7 Å². The van der Waals surface area contributed by atoms with Crippen molar-refractivity contribution < 1.29 is 12.8 Å². The zero-order valence-electron chi connectivity index (χ0n) is 13.8. The van der Waals surface area contributed by atoms with Crippen molar-refractivity contribution in [2.45, 2.75) is 43.5 Å². The second-order valence-corrected chi connectivity index (χ2v) is 8.45. The number of nitrogens with one attached hydrogen (secondary N) is 1. The molecule has 6 heteroatoms. The lowest BCUT2D eigenvalue weighted by molar-refractivity contribution is 0.257. The molecule has 1 atom stereocenters. The molecular formula is C17H27FN2O2S. The minimum Gasteiger partial charge on any atom is -0.312 e. The van der Waals surface area contributed by atoms with Gasteiger partial charge in [0, 0.05) is 19.1 Å². The van der Waals surface area contributed by atoms with Crippen molar-refractivity contribution in [2.75, 3.05) is 31.9 Å². The molecule has 1 aliphatic heterocycles. The van der Waals surface area contributed by atoms with E-state index in [9.17, 15) is 12.8 Å². The quantitative estimate of drug-likeness (QED) is 0.774. The predicted octanol–water partition coefficient (Wildman–Crippen LogP) is 2.45. The van der Waals surface area contributed by atoms with Gasteiger partial charge in [-0.3, -0.25) is 0 Å². The molecule has 1 heterocycles. The third-order valence-electron chi connectivity index (χ3n) is 4.27. The highest BCUT2D eigenvalue weighted by Gasteiger charge is 2.16. The van der Waals surface area contributed by atoms with Crippen LogP contribution in [0.4, 0.5) is 4.39 Å². The maximum Gasteiger partial charge on any atom is 0.179 e. The summed E-state index contributed by atoms with van der Waals surface area (Å²) in [5, 5.41) is 3.29. The van der Waals surface area contributed by atoms with Gasteiger partial charge in [-0.05, 0) is 57.1 Å². The van der Waals surface area contributed by atoms with Crippen LogP contribution in [0.3, 0.4) is 0 Å². The SMILES string of the molecule is CC(CN1CCCCCC1)NCCS(=O)(=O)c1ccc(F)cc1. The summed E-state index contributed by atoms with van der Waals surface area (Å²) in [5.41, 5.74) is 0. The van der Waals surface area contributed by atoms with Gasteiger partial charge in [-0.15, -0.1) is 0 Å². The molecule has 1 fully saturated rings. The lowest BCUT2D eigenvalue weighted by Crippen LogP contribution is -2.41. The molecule has 0 bridgehead atoms. The zero-order chi connectivity index (χ0) is 16.7. The van der Waals surface area contributed by atoms with Gasteiger partial charge in [-0.1, -0.05) is 12.8 Å². The first-order chi connectivity index (χ1) is 11.0. The molecule has 130 valence electrons. The molecule has 0 radical (unpaired) electrons. The Morgan fingerprint density at radius 3 is 2.35 bits per heavy atom. The molecule has 1 saturated heterocycles. The minimum absolute atomic E-state index is 0.0307. The molecule has 1 aliphatic rings. The van der Waals surface area contributed by atoms with Crippen LogP contribution in [-0.2, 0) is 9.84 Å². The molecule has 0 aromatic heterocycles. The van der Waals surface area contributed by atoms with Crippen molar-refractivity contribution in [1.29, 1.82) is 0 Å². The number of benzene rings is 1. The van der Waals surface area contributed by atoms with Gasteiger partial charge in [0.15, 0.2) is 9.84 Å². The third-order valence-corrected chi connectivity index (χ3v) is 6.00. The van der Waals surface area contributed by atoms with E-state index in [1.807, 2.05) is 0 Å². The molecule has 4 nitrogen and oxygen atoms in total. The van der Waals surface area contributed by atoms with E-state index in [1.54, 1.807) is 0 Å². The van der Waals surface area contributed by atoms with Crippen LogP contribution < -0.4 is 5.32 Å². The van der Waals surface area contributed by atoms with E-state index in [0.717, 1.165) is 19.6 Å². The Balaban J connectivity index is 1.75. The monoisotopic (exact) mass is 342 g/mol. The van der Waals surface area contributed by atoms with Crippen molar-refractivity contribution in [3.63, 3.8) is 0 Å². The van der Waals surface area contributed by atoms with E-state index in [2.05, 4.69) is 17.1 Å². The fourth-order valence-electron chi connectivity index (χ4n) is 2.97. The van der Waals surface area contributed by atoms with Gasteiger partial charge in [0.2, 0.25) is 0 Å². The van der Waals surface area contributed by atoms with Gasteiger partial charge >= 0.3 is 0 Å². The van der Waals surface area contributed by atoms with Crippen molar-refractivity contribution in [3.05, 3.63) is 30.1 Å². The van der Waals surface area contributed by atoms with Crippen molar-refractivity contribution in [3.8, 4) is 0 Å². The van der Waals surface area contributed by atoms with E-state index in [4.69, 9.17) is 0 Å². The van der Waals surface area contributed by atoms with Crippen LogP contribution in [0.25, 0.3) is 0 Å². The molecule has 0 spiro atoms. The number of hydrogen-bond acceptors (Lipinski definition) is 4. The summed E-state index contributed by atoms with van der Waals surface area (Å²) in [7, 11) is -3.35. The van der Waals surface area contributed by atoms with Gasteiger partial charge in [-0.25, -0.2) is 12.8 Å². The third kappa shape index (κ3) is 6.20. The number of nitrogens with zero attached hydrogens (tertiary/aromatic N) is 1. The molecule has 0 amide bonds. The average Bonchev–Trinajstić information content (AvgIpc) is 2.76. The Morgan fingerprint density at radius 2 is 1.74 bits per heavy atom. The van der Waals surface area contributed by atoms with Crippen LogP contribution in [0.2, 0.25) is 0 Å². The predicted molar refractivity (Wildman–Crippen MR) is 90.8 cm³/mol. The van der Waals surface area contributed by atoms with Crippen LogP contribution >= 0.6 is 0 Å². The highest BCUT2D eigenvalue weighted by molar-refractivity contribution is 7.91. The second kappa shape index (κ2) is 8.76. The Labute approximate surface area is 139 Å². The summed E-state index contributed by atoms with van der Waals surface area (Å²) in [6.45, 7) is 5.74. The van der Waals surface area contributed by atoms with E-state index in [0.29, 0.717) is 6.54 Å². The number of likely N-dealkylation sites (tertiary alicyclic amines) is 1. The molecule has 0 saturated carbocycles. The molecular weight excluding hydrogens is 315 g/mol. The van der Waals surface area contributed by atoms with E-state index in [1.165, 1.54) is 49.9 Å². The van der Waals surface area contributed by atoms with Gasteiger partial charge in [0.25, 0.3) is 0 Å². The van der Waals surface area contributed by atoms with Crippen LogP contribution in [0.5, 0.6) is 0 Å². The van der Waals surface area contributed by atoms with Crippen molar-refractivity contribution in [2.24, 2.45) is 0 Å². The molecule has 0 aliphatic carbocycles. The van der Waals surface area contributed by atoms with Crippen LogP contribution in [0.1, 0.15) is 32.6 Å². The molecule has 1 aromatic rings. The van der Waals surface area contributed by atoms with Gasteiger partial charge in [0.05, 0.1) is 10.6 Å². The highest BCUT2D eigenvalue weighted by Crippen LogP contribution is 2.12. The summed E-state index contributed by atoms with van der Waals surface area (Å²) in [4.78, 5) is 2.64. The molecule has 2 rings (SSSR count). The Kier molecular flexibility index (Phi) is 6.99. The van der Waals surface area contributed by atoms with Gasteiger partial charge < -0.3 is 10.2 Å². The lowest BCUT2D eigenvalue weighted by Gasteiger charge is -2.24. The zero-order valence-corrected chi connectivity index (χ0v) is 14.6. The van der Waals surface area contributed by atoms with Crippen molar-refractivity contribution in [1.82, 2.24) is 10.2 Å². The van der Waals surface area contributed by atoms with Gasteiger partial charge in [-0.2, -0.15) is 0 Å². The minimum atomic E-state index is -3.35. The van der Waals surface area contributed by atoms with Crippen LogP contribution in [0.15, 0.2) is 29.2 Å². The highest BCUT2D eigenvalue weighted by atomic mass is 32.2. The normalized spacial score (nSPS) is 18.5. The topological polar surface area (TPSA) is 49.4 Å². The summed E-state index contributed by atoms with van der Waals surface area (Å²) in [5.74, 6) is -0.392. The van der Waals surface area contributed by atoms with Crippen LogP contribution in [0, 0.1) is 5.82 Å². The van der Waals surface area contributed by atoms with E-state index < -0.39 is 15.7 Å². The number of halogens is 1. The first kappa shape index (κ1) is 18.4. The Morgan fingerprint density at radius 1 is 1.13 bits per heavy atom. The maximum atomic E-state index is 12.9. The largest absolute Gasteiger partial charge is 0.312 e. The van der Waals surface area contributed by atoms with Crippen LogP contribution in [-0.4, -0.2) is 51.3 Å². The summed E-state index contributed by atoms with van der Waals surface area (Å²) < 4.78 is 37.2. The Hall–Kier alpha value is -0.980. The van der Waals surface area contributed by atoms with Crippen molar-refractivity contribution >= 4 is 9.84 Å². The molecule has 23 heavy (non-hydrogen) atoms. The molecule has 1 aromatic carbocycles. The second-order valence-electron chi connectivity index (χ2n) is 6.34. The first-order valence-electron chi connectivity index (χ1n) is 8.41. The summed E-state index contributed by atoms with van der Waals surface area (Å²) in [6, 6.07) is 5.28. The summed E-state index contributed by atoms with van der Waals surface area (Å²) >= 11 is 0. The maximum absolute atomic E-state index is 12.9. The smallest absolute Gasteiger partial charge is 0.179 e. The standard InChI is InChI=1S/C17H27FN2O2S/c1-15(14-20-11-4-2-3-5-12-20)19-10-13-23(21,22)17-8-6-16(18)7-9-17/h6-9,15,19H,2-5,10-14H2,1H3. The Bertz CT molecular complexity index is 567. The fourth-order valence-corrected chi connectivity index (χ4v) is 4.14. The number of sulfone groups is 1.